The minimum absolute atomic E-state index is 0.0839. The summed E-state index contributed by atoms with van der Waals surface area (Å²) in [6.45, 7) is 7.80. The van der Waals surface area contributed by atoms with Crippen molar-refractivity contribution in [3.8, 4) is 0 Å². The first kappa shape index (κ1) is 64.1. The summed E-state index contributed by atoms with van der Waals surface area (Å²) in [4.78, 5) is 25.5. The normalized spacial score (nSPS) is 12.3. The molecule has 0 aromatic rings. The lowest BCUT2D eigenvalue weighted by atomic mass is 10.0. The molecule has 0 spiro atoms. The zero-order valence-electron chi connectivity index (χ0n) is 44.7. The van der Waals surface area contributed by atoms with E-state index >= 15 is 0 Å². The Balaban J connectivity index is 4.20. The summed E-state index contributed by atoms with van der Waals surface area (Å²) in [7, 11) is 0. The molecule has 0 aromatic carbocycles. The number of allylic oxidation sites excluding steroid dienone is 6. The summed E-state index contributed by atoms with van der Waals surface area (Å²) in [5.41, 5.74) is 0. The highest BCUT2D eigenvalue weighted by Crippen LogP contribution is 2.17. The maximum absolute atomic E-state index is 12.8. The number of rotatable bonds is 55. The molecule has 0 aliphatic carbocycles. The summed E-state index contributed by atoms with van der Waals surface area (Å²) in [5.74, 6) is -0.396. The third-order valence-electron chi connectivity index (χ3n) is 13.1. The lowest BCUT2D eigenvalue weighted by molar-refractivity contribution is -0.163. The van der Waals surface area contributed by atoms with Crippen molar-refractivity contribution in [1.82, 2.24) is 0 Å². The van der Waals surface area contributed by atoms with Crippen molar-refractivity contribution in [3.63, 3.8) is 0 Å². The zero-order valence-corrected chi connectivity index (χ0v) is 44.7. The molecule has 1 atom stereocenters. The van der Waals surface area contributed by atoms with Gasteiger partial charge < -0.3 is 14.2 Å². The minimum Gasteiger partial charge on any atom is -0.462 e. The molecule has 0 heterocycles. The molecule has 5 nitrogen and oxygen atoms in total. The van der Waals surface area contributed by atoms with Gasteiger partial charge in [-0.25, -0.2) is 0 Å². The maximum Gasteiger partial charge on any atom is 0.306 e. The Hall–Kier alpha value is -1.88. The molecule has 0 fully saturated rings. The van der Waals surface area contributed by atoms with Crippen LogP contribution >= 0.6 is 0 Å². The Kier molecular flexibility index (Phi) is 55.8. The molecule has 0 saturated carbocycles. The van der Waals surface area contributed by atoms with Crippen LogP contribution in [0.3, 0.4) is 0 Å². The van der Waals surface area contributed by atoms with Crippen LogP contribution in [0.5, 0.6) is 0 Å². The third-order valence-corrected chi connectivity index (χ3v) is 13.1. The molecule has 0 aliphatic rings. The minimum atomic E-state index is -0.541. The fraction of sp³-hybridized carbons (Fsp3) is 0.869. The number of ether oxygens (including phenoxy) is 3. The predicted octanol–water partition coefficient (Wildman–Crippen LogP) is 20.1. The van der Waals surface area contributed by atoms with E-state index in [1.54, 1.807) is 0 Å². The van der Waals surface area contributed by atoms with E-state index in [-0.39, 0.29) is 25.2 Å². The maximum atomic E-state index is 12.8. The molecule has 66 heavy (non-hydrogen) atoms. The van der Waals surface area contributed by atoms with Gasteiger partial charge in [-0.2, -0.15) is 0 Å². The molecule has 5 heteroatoms. The van der Waals surface area contributed by atoms with Crippen LogP contribution in [0.15, 0.2) is 36.5 Å². The Morgan fingerprint density at radius 3 is 1.08 bits per heavy atom. The second-order valence-corrected chi connectivity index (χ2v) is 19.9. The highest BCUT2D eigenvalue weighted by atomic mass is 16.6. The van der Waals surface area contributed by atoms with Gasteiger partial charge in [-0.15, -0.1) is 0 Å². The van der Waals surface area contributed by atoms with E-state index in [0.717, 1.165) is 57.8 Å². The van der Waals surface area contributed by atoms with Crippen molar-refractivity contribution >= 4 is 11.9 Å². The molecule has 0 aliphatic heterocycles. The average molecular weight is 928 g/mol. The predicted molar refractivity (Wildman–Crippen MR) is 288 cm³/mol. The molecule has 0 rings (SSSR count). The Bertz CT molecular complexity index is 1050. The fourth-order valence-electron chi connectivity index (χ4n) is 8.72. The molecule has 1 unspecified atom stereocenters. The van der Waals surface area contributed by atoms with Gasteiger partial charge in [0.2, 0.25) is 0 Å². The van der Waals surface area contributed by atoms with Crippen LogP contribution in [0, 0.1) is 0 Å². The number of carbonyl (C=O) groups is 2. The first-order chi connectivity index (χ1) is 32.6. The number of esters is 2. The van der Waals surface area contributed by atoms with Gasteiger partial charge in [0.25, 0.3) is 0 Å². The standard InChI is InChI=1S/C61H114O5/c1-4-7-10-13-16-19-22-25-27-29-31-32-34-37-39-42-45-48-51-54-60(62)65-58-59(66-61(63)55-52-49-46-43-40-36-24-21-18-15-12-9-6-3)57-64-56-53-50-47-44-41-38-35-33-30-28-26-23-20-17-14-11-8-5-2/h12,15,21,24,26,28,59H,4-11,13-14,16-20,22-23,25,27,29-58H2,1-3H3/b15-12-,24-21-,28-26-. The van der Waals surface area contributed by atoms with Gasteiger partial charge in [0.1, 0.15) is 6.61 Å². The molecule has 0 aromatic heterocycles. The van der Waals surface area contributed by atoms with Crippen molar-refractivity contribution in [2.45, 2.75) is 322 Å². The highest BCUT2D eigenvalue weighted by Gasteiger charge is 2.17. The van der Waals surface area contributed by atoms with Crippen LogP contribution in [0.25, 0.3) is 0 Å². The SMILES string of the molecule is CCC/C=C\C/C=C\CCCCCCCC(=O)OC(COCCCCCCCCCC/C=C\CCCCCCCC)COC(=O)CCCCCCCCCCCCCCCCCCCCC. The van der Waals surface area contributed by atoms with E-state index < -0.39 is 6.10 Å². The van der Waals surface area contributed by atoms with Gasteiger partial charge in [0.05, 0.1) is 6.61 Å². The fourth-order valence-corrected chi connectivity index (χ4v) is 8.72. The number of hydrogen-bond acceptors (Lipinski definition) is 5. The second kappa shape index (κ2) is 57.4. The van der Waals surface area contributed by atoms with Crippen molar-refractivity contribution in [3.05, 3.63) is 36.5 Å². The number of carbonyl (C=O) groups excluding carboxylic acids is 2. The lowest BCUT2D eigenvalue weighted by Gasteiger charge is -2.18. The van der Waals surface area contributed by atoms with Crippen LogP contribution in [0.4, 0.5) is 0 Å². The van der Waals surface area contributed by atoms with Crippen LogP contribution in [0.1, 0.15) is 316 Å². The van der Waals surface area contributed by atoms with E-state index in [0.29, 0.717) is 19.4 Å². The van der Waals surface area contributed by atoms with Gasteiger partial charge >= 0.3 is 11.9 Å². The second-order valence-electron chi connectivity index (χ2n) is 19.9. The largest absolute Gasteiger partial charge is 0.462 e. The van der Waals surface area contributed by atoms with Crippen LogP contribution in [-0.2, 0) is 23.8 Å². The summed E-state index contributed by atoms with van der Waals surface area (Å²) >= 11 is 0. The van der Waals surface area contributed by atoms with Crippen molar-refractivity contribution in [2.24, 2.45) is 0 Å². The zero-order chi connectivity index (χ0) is 47.7. The molecular weight excluding hydrogens is 813 g/mol. The molecule has 0 saturated heterocycles. The summed E-state index contributed by atoms with van der Waals surface area (Å²) in [5, 5.41) is 0. The topological polar surface area (TPSA) is 61.8 Å². The monoisotopic (exact) mass is 927 g/mol. The van der Waals surface area contributed by atoms with E-state index in [4.69, 9.17) is 14.2 Å². The quantitative estimate of drug-likeness (QED) is 0.0345. The number of hydrogen-bond donors (Lipinski definition) is 0. The van der Waals surface area contributed by atoms with Gasteiger partial charge in [0, 0.05) is 19.4 Å². The van der Waals surface area contributed by atoms with E-state index in [9.17, 15) is 9.59 Å². The Morgan fingerprint density at radius 1 is 0.333 bits per heavy atom. The van der Waals surface area contributed by atoms with Crippen LogP contribution < -0.4 is 0 Å². The Morgan fingerprint density at radius 2 is 0.667 bits per heavy atom. The van der Waals surface area contributed by atoms with Gasteiger partial charge in [-0.3, -0.25) is 9.59 Å². The Labute approximate surface area is 412 Å². The molecule has 0 radical (unpaired) electrons. The summed E-state index contributed by atoms with van der Waals surface area (Å²) in [6.07, 6.45) is 70.3. The van der Waals surface area contributed by atoms with Gasteiger partial charge in [-0.05, 0) is 70.6 Å². The van der Waals surface area contributed by atoms with Crippen molar-refractivity contribution in [2.75, 3.05) is 19.8 Å². The van der Waals surface area contributed by atoms with E-state index in [1.165, 1.54) is 225 Å². The first-order valence-corrected chi connectivity index (χ1v) is 29.5. The van der Waals surface area contributed by atoms with E-state index in [2.05, 4.69) is 57.2 Å². The highest BCUT2D eigenvalue weighted by molar-refractivity contribution is 5.70. The van der Waals surface area contributed by atoms with E-state index in [1.807, 2.05) is 0 Å². The van der Waals surface area contributed by atoms with Gasteiger partial charge in [0.15, 0.2) is 6.10 Å². The summed E-state index contributed by atoms with van der Waals surface area (Å²) in [6, 6.07) is 0. The summed E-state index contributed by atoms with van der Waals surface area (Å²) < 4.78 is 17.5. The van der Waals surface area contributed by atoms with Gasteiger partial charge in [-0.1, -0.05) is 269 Å². The molecule has 0 N–H and O–H groups in total. The van der Waals surface area contributed by atoms with Crippen molar-refractivity contribution < 1.29 is 23.8 Å². The molecular formula is C61H114O5. The van der Waals surface area contributed by atoms with Crippen LogP contribution in [-0.4, -0.2) is 37.9 Å². The average Bonchev–Trinajstić information content (AvgIpc) is 3.32. The third kappa shape index (κ3) is 54.7. The molecule has 0 bridgehead atoms. The number of unbranched alkanes of at least 4 members (excludes halogenated alkanes) is 38. The molecule has 388 valence electrons. The molecule has 0 amide bonds. The first-order valence-electron chi connectivity index (χ1n) is 29.5. The van der Waals surface area contributed by atoms with Crippen LogP contribution in [0.2, 0.25) is 0 Å². The smallest absolute Gasteiger partial charge is 0.306 e. The van der Waals surface area contributed by atoms with Crippen molar-refractivity contribution in [1.29, 1.82) is 0 Å². The lowest BCUT2D eigenvalue weighted by Crippen LogP contribution is -2.30.